The van der Waals surface area contributed by atoms with Gasteiger partial charge in [-0.1, -0.05) is 0 Å². The Morgan fingerprint density at radius 1 is 1.17 bits per heavy atom. The van der Waals surface area contributed by atoms with Crippen molar-refractivity contribution >= 4 is 34.4 Å². The van der Waals surface area contributed by atoms with Crippen molar-refractivity contribution in [2.45, 2.75) is 19.8 Å². The van der Waals surface area contributed by atoms with E-state index in [-0.39, 0.29) is 0 Å². The molecule has 1 saturated heterocycles. The topological polar surface area (TPSA) is 79.0 Å². The van der Waals surface area contributed by atoms with E-state index in [1.54, 1.807) is 0 Å². The van der Waals surface area contributed by atoms with Gasteiger partial charge in [0.2, 0.25) is 0 Å². The Hall–Kier alpha value is -2.87. The summed E-state index contributed by atoms with van der Waals surface area (Å²) in [7, 11) is 0. The van der Waals surface area contributed by atoms with Crippen LogP contribution < -0.4 is 20.8 Å². The van der Waals surface area contributed by atoms with Crippen LogP contribution in [0.2, 0.25) is 0 Å². The van der Waals surface area contributed by atoms with Crippen LogP contribution in [0.5, 0.6) is 5.75 Å². The molecule has 1 aromatic heterocycles. The van der Waals surface area contributed by atoms with Gasteiger partial charge in [0.05, 0.1) is 12.3 Å². The van der Waals surface area contributed by atoms with Crippen molar-refractivity contribution < 1.29 is 4.74 Å². The van der Waals surface area contributed by atoms with Crippen LogP contribution in [0.4, 0.5) is 11.4 Å². The summed E-state index contributed by atoms with van der Waals surface area (Å²) in [5.41, 5.74) is 13.9. The molecule has 3 N–H and O–H groups in total. The van der Waals surface area contributed by atoms with E-state index in [9.17, 15) is 0 Å². The lowest BCUT2D eigenvalue weighted by molar-refractivity contribution is 0.327. The largest absolute Gasteiger partial charge is 0.491 e. The van der Waals surface area contributed by atoms with Gasteiger partial charge in [0.1, 0.15) is 5.75 Å². The molecule has 4 rings (SSSR count). The molecule has 8 heteroatoms. The average Bonchev–Trinajstić information content (AvgIpc) is 2.96. The number of nitrogen functional groups attached to an aromatic ring is 1. The predicted molar refractivity (Wildman–Crippen MR) is 121 cm³/mol. The highest BCUT2D eigenvalue weighted by Crippen LogP contribution is 2.25. The third-order valence-corrected chi connectivity index (χ3v) is 5.67. The summed E-state index contributed by atoms with van der Waals surface area (Å²) >= 11 is 5.57. The molecule has 0 bridgehead atoms. The second-order valence-electron chi connectivity index (χ2n) is 7.34. The van der Waals surface area contributed by atoms with E-state index in [0.717, 1.165) is 61.0 Å². The quantitative estimate of drug-likeness (QED) is 0.447. The van der Waals surface area contributed by atoms with Crippen LogP contribution in [0.1, 0.15) is 17.7 Å². The molecule has 0 unspecified atom stereocenters. The SMILES string of the molecule is Cc1ccnc2c1OCC/C(=N/NC(=S)N1CCN(c3ccc(N)cc3)CC1)C2. The highest BCUT2D eigenvalue weighted by atomic mass is 32.1. The van der Waals surface area contributed by atoms with Gasteiger partial charge >= 0.3 is 0 Å². The van der Waals surface area contributed by atoms with E-state index in [1.165, 1.54) is 5.69 Å². The number of nitrogens with zero attached hydrogens (tertiary/aromatic N) is 4. The van der Waals surface area contributed by atoms with E-state index in [0.29, 0.717) is 18.1 Å². The highest BCUT2D eigenvalue weighted by Gasteiger charge is 2.20. The molecule has 0 radical (unpaired) electrons. The maximum atomic E-state index is 5.87. The molecule has 1 aromatic carbocycles. The van der Waals surface area contributed by atoms with Crippen LogP contribution in [0.3, 0.4) is 0 Å². The molecule has 3 heterocycles. The van der Waals surface area contributed by atoms with Crippen LogP contribution in [-0.2, 0) is 6.42 Å². The van der Waals surface area contributed by atoms with Crippen molar-refractivity contribution in [3.05, 3.63) is 47.8 Å². The number of thiocarbonyl (C=S) groups is 1. The number of hydrogen-bond acceptors (Lipinski definition) is 6. The zero-order chi connectivity index (χ0) is 20.2. The first kappa shape index (κ1) is 19.4. The summed E-state index contributed by atoms with van der Waals surface area (Å²) in [6, 6.07) is 9.98. The second-order valence-corrected chi connectivity index (χ2v) is 7.73. The van der Waals surface area contributed by atoms with E-state index in [4.69, 9.17) is 22.7 Å². The van der Waals surface area contributed by atoms with Crippen molar-refractivity contribution in [1.29, 1.82) is 0 Å². The summed E-state index contributed by atoms with van der Waals surface area (Å²) in [5, 5.41) is 5.23. The Morgan fingerprint density at radius 2 is 1.93 bits per heavy atom. The molecule has 152 valence electrons. The van der Waals surface area contributed by atoms with E-state index in [1.807, 2.05) is 31.3 Å². The number of hydrazone groups is 1. The first-order valence-electron chi connectivity index (χ1n) is 9.88. The molecule has 0 saturated carbocycles. The summed E-state index contributed by atoms with van der Waals surface area (Å²) in [6.07, 6.45) is 3.26. The molecule has 0 spiro atoms. The molecular weight excluding hydrogens is 384 g/mol. The molecule has 2 aliphatic rings. The van der Waals surface area contributed by atoms with Crippen LogP contribution in [-0.4, -0.2) is 53.5 Å². The number of aryl methyl sites for hydroxylation is 1. The lowest BCUT2D eigenvalue weighted by Gasteiger charge is -2.37. The summed E-state index contributed by atoms with van der Waals surface area (Å²) < 4.78 is 5.87. The standard InChI is InChI=1S/C21H26N6OS/c1-15-6-8-23-19-14-17(7-13-28-20(15)19)24-25-21(29)27-11-9-26(10-12-27)18-4-2-16(22)3-5-18/h2-6,8H,7,9-14,22H2,1H3,(H,25,29)/b24-17-. The number of hydrogen-bond donors (Lipinski definition) is 2. The first-order valence-corrected chi connectivity index (χ1v) is 10.3. The molecule has 0 atom stereocenters. The molecule has 1 fully saturated rings. The van der Waals surface area contributed by atoms with Gasteiger partial charge in [-0.3, -0.25) is 10.4 Å². The normalized spacial score (nSPS) is 18.0. The monoisotopic (exact) mass is 410 g/mol. The minimum absolute atomic E-state index is 0.604. The average molecular weight is 411 g/mol. The lowest BCUT2D eigenvalue weighted by Crippen LogP contribution is -2.51. The number of anilines is 2. The molecule has 2 aliphatic heterocycles. The lowest BCUT2D eigenvalue weighted by atomic mass is 10.1. The highest BCUT2D eigenvalue weighted by molar-refractivity contribution is 7.80. The zero-order valence-electron chi connectivity index (χ0n) is 16.6. The van der Waals surface area contributed by atoms with Crippen molar-refractivity contribution in [3.63, 3.8) is 0 Å². The zero-order valence-corrected chi connectivity index (χ0v) is 17.4. The van der Waals surface area contributed by atoms with E-state index < -0.39 is 0 Å². The van der Waals surface area contributed by atoms with Crippen LogP contribution >= 0.6 is 12.2 Å². The Morgan fingerprint density at radius 3 is 2.69 bits per heavy atom. The van der Waals surface area contributed by atoms with Gasteiger partial charge in [-0.25, -0.2) is 0 Å². The molecule has 0 amide bonds. The first-order chi connectivity index (χ1) is 14.1. The molecular formula is C21H26N6OS. The van der Waals surface area contributed by atoms with Crippen molar-refractivity contribution in [2.75, 3.05) is 43.4 Å². The molecule has 2 aromatic rings. The Labute approximate surface area is 176 Å². The number of pyridine rings is 1. The van der Waals surface area contributed by atoms with Gasteiger partial charge in [-0.2, -0.15) is 5.10 Å². The van der Waals surface area contributed by atoms with Crippen molar-refractivity contribution in [3.8, 4) is 5.75 Å². The Kier molecular flexibility index (Phi) is 5.80. The van der Waals surface area contributed by atoms with Crippen LogP contribution in [0.15, 0.2) is 41.6 Å². The number of benzene rings is 1. The minimum Gasteiger partial charge on any atom is -0.491 e. The van der Waals surface area contributed by atoms with Crippen molar-refractivity contribution in [1.82, 2.24) is 15.3 Å². The minimum atomic E-state index is 0.604. The number of nitrogens with one attached hydrogen (secondary N) is 1. The Bertz CT molecular complexity index is 906. The number of fused-ring (bicyclic) bond motifs is 1. The number of nitrogens with two attached hydrogens (primary N) is 1. The Balaban J connectivity index is 1.32. The molecule has 29 heavy (non-hydrogen) atoms. The van der Waals surface area contributed by atoms with Gasteiger partial charge in [0.15, 0.2) is 5.11 Å². The fraction of sp³-hybridized carbons (Fsp3) is 0.381. The fourth-order valence-corrected chi connectivity index (χ4v) is 3.85. The summed E-state index contributed by atoms with van der Waals surface area (Å²) in [4.78, 5) is 8.97. The van der Waals surface area contributed by atoms with Gasteiger partial charge in [-0.15, -0.1) is 0 Å². The predicted octanol–water partition coefficient (Wildman–Crippen LogP) is 2.35. The van der Waals surface area contributed by atoms with E-state index in [2.05, 4.69) is 37.4 Å². The van der Waals surface area contributed by atoms with Crippen molar-refractivity contribution in [2.24, 2.45) is 5.10 Å². The van der Waals surface area contributed by atoms with Crippen LogP contribution in [0.25, 0.3) is 0 Å². The number of rotatable bonds is 2. The van der Waals surface area contributed by atoms with E-state index >= 15 is 0 Å². The van der Waals surface area contributed by atoms with Gasteiger partial charge in [0, 0.05) is 62.3 Å². The number of aromatic nitrogens is 1. The van der Waals surface area contributed by atoms with Gasteiger partial charge in [-0.05, 0) is 55.0 Å². The fourth-order valence-electron chi connectivity index (χ4n) is 3.62. The maximum absolute atomic E-state index is 5.87. The summed E-state index contributed by atoms with van der Waals surface area (Å²) in [5.74, 6) is 0.888. The third kappa shape index (κ3) is 4.59. The number of ether oxygens (including phenoxy) is 1. The number of piperazine rings is 1. The second kappa shape index (κ2) is 8.65. The van der Waals surface area contributed by atoms with Gasteiger partial charge < -0.3 is 20.3 Å². The summed E-state index contributed by atoms with van der Waals surface area (Å²) in [6.45, 7) is 6.17. The third-order valence-electron chi connectivity index (χ3n) is 5.32. The van der Waals surface area contributed by atoms with Crippen LogP contribution in [0, 0.1) is 6.92 Å². The van der Waals surface area contributed by atoms with Gasteiger partial charge in [0.25, 0.3) is 0 Å². The maximum Gasteiger partial charge on any atom is 0.189 e. The molecule has 7 nitrogen and oxygen atoms in total. The smallest absolute Gasteiger partial charge is 0.189 e. The molecule has 0 aliphatic carbocycles.